The van der Waals surface area contributed by atoms with E-state index >= 15 is 0 Å². The second-order valence-electron chi connectivity index (χ2n) is 7.58. The molecule has 34 heavy (non-hydrogen) atoms. The zero-order chi connectivity index (χ0) is 23.5. The van der Waals surface area contributed by atoms with Gasteiger partial charge in [0.25, 0.3) is 5.91 Å². The van der Waals surface area contributed by atoms with Crippen LogP contribution in [0.15, 0.2) is 73.2 Å². The Hall–Kier alpha value is -4.73. The Morgan fingerprint density at radius 2 is 1.91 bits per heavy atom. The summed E-state index contributed by atoms with van der Waals surface area (Å²) in [5.41, 5.74) is 4.08. The zero-order valence-corrected chi connectivity index (χ0v) is 18.1. The number of halogens is 1. The highest BCUT2D eigenvalue weighted by Gasteiger charge is 2.19. The van der Waals surface area contributed by atoms with Crippen LogP contribution in [0.1, 0.15) is 15.9 Å². The molecule has 0 saturated heterocycles. The zero-order valence-electron chi connectivity index (χ0n) is 18.1. The molecule has 0 aliphatic rings. The molecule has 3 aromatic heterocycles. The second-order valence-corrected chi connectivity index (χ2v) is 7.58. The number of hydrogen-bond donors (Lipinski definition) is 2. The molecule has 10 heteroatoms. The molecule has 2 aromatic carbocycles. The first kappa shape index (κ1) is 21.1. The molecule has 0 bridgehead atoms. The van der Waals surface area contributed by atoms with Crippen LogP contribution in [0.3, 0.4) is 0 Å². The highest BCUT2D eigenvalue weighted by atomic mass is 19.1. The van der Waals surface area contributed by atoms with Gasteiger partial charge in [-0.05, 0) is 41.1 Å². The van der Waals surface area contributed by atoms with Crippen molar-refractivity contribution >= 4 is 5.91 Å². The summed E-state index contributed by atoms with van der Waals surface area (Å²) in [6.45, 7) is 0.299. The molecule has 0 aliphatic heterocycles. The van der Waals surface area contributed by atoms with Gasteiger partial charge in [-0.15, -0.1) is 10.2 Å². The lowest BCUT2D eigenvalue weighted by molar-refractivity contribution is 0.0947. The Bertz CT molecular complexity index is 1450. The van der Waals surface area contributed by atoms with Crippen LogP contribution in [-0.4, -0.2) is 41.1 Å². The first-order valence-electron chi connectivity index (χ1n) is 10.4. The van der Waals surface area contributed by atoms with Gasteiger partial charge in [0, 0.05) is 30.9 Å². The number of imidazole rings is 1. The Balaban J connectivity index is 1.48. The third-order valence-corrected chi connectivity index (χ3v) is 5.32. The van der Waals surface area contributed by atoms with Crippen molar-refractivity contribution in [2.24, 2.45) is 7.05 Å². The lowest BCUT2D eigenvalue weighted by Crippen LogP contribution is -2.23. The van der Waals surface area contributed by atoms with Crippen LogP contribution in [0, 0.1) is 5.82 Å². The first-order valence-corrected chi connectivity index (χ1v) is 10.4. The van der Waals surface area contributed by atoms with Gasteiger partial charge in [-0.2, -0.15) is 5.21 Å². The molecule has 168 valence electrons. The number of tetrazole rings is 1. The summed E-state index contributed by atoms with van der Waals surface area (Å²) in [5, 5.41) is 16.8. The van der Waals surface area contributed by atoms with Crippen molar-refractivity contribution in [1.29, 1.82) is 0 Å². The first-order chi connectivity index (χ1) is 16.6. The Labute approximate surface area is 193 Å². The fourth-order valence-corrected chi connectivity index (χ4v) is 3.66. The summed E-state index contributed by atoms with van der Waals surface area (Å²) in [6.07, 6.45) is 3.28. The number of carbonyl (C=O) groups is 1. The van der Waals surface area contributed by atoms with Crippen molar-refractivity contribution in [2.75, 3.05) is 0 Å². The number of H-pyrrole nitrogens is 1. The maximum absolute atomic E-state index is 14.6. The number of amides is 1. The van der Waals surface area contributed by atoms with Crippen molar-refractivity contribution < 1.29 is 9.18 Å². The van der Waals surface area contributed by atoms with E-state index in [1.807, 2.05) is 37.4 Å². The van der Waals surface area contributed by atoms with Gasteiger partial charge in [-0.1, -0.05) is 30.3 Å². The van der Waals surface area contributed by atoms with E-state index in [1.165, 1.54) is 12.1 Å². The summed E-state index contributed by atoms with van der Waals surface area (Å²) in [7, 11) is 1.83. The third-order valence-electron chi connectivity index (χ3n) is 5.32. The summed E-state index contributed by atoms with van der Waals surface area (Å²) in [6, 6.07) is 17.4. The Kier molecular flexibility index (Phi) is 5.61. The number of carbonyl (C=O) groups excluding carboxylic acids is 1. The van der Waals surface area contributed by atoms with Gasteiger partial charge in [0.2, 0.25) is 5.82 Å². The molecule has 0 aliphatic carbocycles. The van der Waals surface area contributed by atoms with Crippen LogP contribution in [0.25, 0.3) is 34.0 Å². The van der Waals surface area contributed by atoms with Gasteiger partial charge >= 0.3 is 0 Å². The molecule has 3 heterocycles. The van der Waals surface area contributed by atoms with Gasteiger partial charge in [-0.3, -0.25) is 9.78 Å². The van der Waals surface area contributed by atoms with Crippen molar-refractivity contribution in [1.82, 2.24) is 40.5 Å². The van der Waals surface area contributed by atoms with Crippen LogP contribution >= 0.6 is 0 Å². The van der Waals surface area contributed by atoms with E-state index in [-0.39, 0.29) is 5.56 Å². The van der Waals surface area contributed by atoms with Gasteiger partial charge in [0.05, 0.1) is 23.3 Å². The Morgan fingerprint density at radius 3 is 2.71 bits per heavy atom. The molecular formula is C24H19FN8O. The fourth-order valence-electron chi connectivity index (χ4n) is 3.66. The van der Waals surface area contributed by atoms with Crippen molar-refractivity contribution in [3.05, 3.63) is 90.1 Å². The standard InChI is InChI=1S/C24H19FN8O/c1-33-14-28-21(20-12-17(9-10-26-20)23-29-31-32-30-23)22(33)16-7-8-19(25)18(11-16)24(34)27-13-15-5-3-2-4-6-15/h2-12,14H,13H2,1H3,(H,27,34)(H,29,30,31,32). The number of pyridine rings is 1. The van der Waals surface area contributed by atoms with Crippen LogP contribution in [0.5, 0.6) is 0 Å². The van der Waals surface area contributed by atoms with E-state index in [0.29, 0.717) is 35.0 Å². The fraction of sp³-hybridized carbons (Fsp3) is 0.0833. The predicted octanol–water partition coefficient (Wildman–Crippen LogP) is 3.40. The van der Waals surface area contributed by atoms with Gasteiger partial charge in [0.15, 0.2) is 0 Å². The van der Waals surface area contributed by atoms with Crippen LogP contribution in [0.4, 0.5) is 4.39 Å². The number of aromatic amines is 1. The normalized spacial score (nSPS) is 10.9. The van der Waals surface area contributed by atoms with E-state index in [1.54, 1.807) is 35.3 Å². The number of rotatable bonds is 6. The van der Waals surface area contributed by atoms with Crippen molar-refractivity contribution in [2.45, 2.75) is 6.54 Å². The molecule has 1 amide bonds. The summed E-state index contributed by atoms with van der Waals surface area (Å²) < 4.78 is 16.4. The summed E-state index contributed by atoms with van der Waals surface area (Å²) >= 11 is 0. The summed E-state index contributed by atoms with van der Waals surface area (Å²) in [4.78, 5) is 21.7. The molecule has 0 unspecified atom stereocenters. The quantitative estimate of drug-likeness (QED) is 0.406. The van der Waals surface area contributed by atoms with Crippen molar-refractivity contribution in [3.63, 3.8) is 0 Å². The maximum atomic E-state index is 14.6. The molecule has 0 saturated carbocycles. The van der Waals surface area contributed by atoms with E-state index in [4.69, 9.17) is 0 Å². The number of aromatic nitrogens is 7. The molecule has 2 N–H and O–H groups in total. The highest BCUT2D eigenvalue weighted by molar-refractivity contribution is 5.96. The SMILES string of the molecule is Cn1cnc(-c2cc(-c3nn[nH]n3)ccn2)c1-c1ccc(F)c(C(=O)NCc2ccccc2)c1. The predicted molar refractivity (Wildman–Crippen MR) is 123 cm³/mol. The monoisotopic (exact) mass is 454 g/mol. The van der Waals surface area contributed by atoms with Crippen LogP contribution < -0.4 is 5.32 Å². The van der Waals surface area contributed by atoms with E-state index in [0.717, 1.165) is 11.1 Å². The molecule has 0 radical (unpaired) electrons. The average Bonchev–Trinajstić information content (AvgIpc) is 3.54. The number of nitrogens with zero attached hydrogens (tertiary/aromatic N) is 6. The molecule has 0 spiro atoms. The molecule has 0 fully saturated rings. The minimum atomic E-state index is -0.602. The lowest BCUT2D eigenvalue weighted by atomic mass is 10.0. The van der Waals surface area contributed by atoms with Gasteiger partial charge in [0.1, 0.15) is 11.5 Å². The van der Waals surface area contributed by atoms with Crippen LogP contribution in [-0.2, 0) is 13.6 Å². The molecule has 9 nitrogen and oxygen atoms in total. The number of aryl methyl sites for hydroxylation is 1. The van der Waals surface area contributed by atoms with E-state index in [2.05, 4.69) is 35.9 Å². The minimum absolute atomic E-state index is 0.0471. The topological polar surface area (TPSA) is 114 Å². The number of hydrogen-bond acceptors (Lipinski definition) is 6. The largest absolute Gasteiger partial charge is 0.348 e. The van der Waals surface area contributed by atoms with E-state index in [9.17, 15) is 9.18 Å². The Morgan fingerprint density at radius 1 is 1.06 bits per heavy atom. The highest BCUT2D eigenvalue weighted by Crippen LogP contribution is 2.32. The van der Waals surface area contributed by atoms with Crippen LogP contribution in [0.2, 0.25) is 0 Å². The number of benzene rings is 2. The lowest BCUT2D eigenvalue weighted by Gasteiger charge is -2.11. The van der Waals surface area contributed by atoms with Crippen molar-refractivity contribution in [3.8, 4) is 34.0 Å². The average molecular weight is 454 g/mol. The van der Waals surface area contributed by atoms with E-state index < -0.39 is 11.7 Å². The second kappa shape index (κ2) is 9.02. The summed E-state index contributed by atoms with van der Waals surface area (Å²) in [5.74, 6) is -0.667. The smallest absolute Gasteiger partial charge is 0.254 e. The molecule has 5 aromatic rings. The number of nitrogens with one attached hydrogen (secondary N) is 2. The van der Waals surface area contributed by atoms with Gasteiger partial charge in [-0.25, -0.2) is 9.37 Å². The third kappa shape index (κ3) is 4.16. The molecule has 5 rings (SSSR count). The molecule has 0 atom stereocenters. The van der Waals surface area contributed by atoms with Gasteiger partial charge < -0.3 is 9.88 Å². The minimum Gasteiger partial charge on any atom is -0.348 e. The molecular weight excluding hydrogens is 435 g/mol. The maximum Gasteiger partial charge on any atom is 0.254 e.